The van der Waals surface area contributed by atoms with Gasteiger partial charge in [-0.05, 0) is 106 Å². The molecule has 1 aliphatic carbocycles. The van der Waals surface area contributed by atoms with Crippen molar-refractivity contribution >= 4 is 85.9 Å². The Labute approximate surface area is 368 Å². The molecule has 4 heterocycles. The van der Waals surface area contributed by atoms with Crippen LogP contribution in [0.4, 0.5) is 0 Å². The van der Waals surface area contributed by atoms with Gasteiger partial charge in [-0.1, -0.05) is 131 Å². The van der Waals surface area contributed by atoms with E-state index >= 15 is 0 Å². The summed E-state index contributed by atoms with van der Waals surface area (Å²) in [5, 5.41) is 9.57. The lowest BCUT2D eigenvalue weighted by Crippen LogP contribution is -2.33. The van der Waals surface area contributed by atoms with E-state index in [4.69, 9.17) is 15.0 Å². The fourth-order valence-corrected chi connectivity index (χ4v) is 11.7. The van der Waals surface area contributed by atoms with Gasteiger partial charge in [-0.2, -0.15) is 9.97 Å². The van der Waals surface area contributed by atoms with Gasteiger partial charge in [-0.3, -0.25) is 4.57 Å². The van der Waals surface area contributed by atoms with Crippen molar-refractivity contribution in [1.29, 1.82) is 0 Å². The van der Waals surface area contributed by atoms with Crippen LogP contribution in [0.15, 0.2) is 164 Å². The summed E-state index contributed by atoms with van der Waals surface area (Å²) >= 11 is 1.81. The van der Waals surface area contributed by atoms with E-state index in [2.05, 4.69) is 201 Å². The zero-order valence-electron chi connectivity index (χ0n) is 35.6. The highest BCUT2D eigenvalue weighted by atomic mass is 32.1. The number of rotatable bonds is 4. The number of nitrogens with zero attached hydrogens (tertiary/aromatic N) is 5. The number of thiophene rings is 1. The summed E-state index contributed by atoms with van der Waals surface area (Å²) < 4.78 is 7.21. The predicted octanol–water partition coefficient (Wildman–Crippen LogP) is 15.3. The molecule has 0 N–H and O–H groups in total. The standard InChI is InChI=1S/C57H43N5S/c1-56(2)27-28-57(3,4)45-32-47-43(31-44(45)56)42-30-41-38-19-10-12-22-46(38)62(49(41)33-48(42)61(47)37-17-6-5-7-18-37)55-59-53(36-26-25-34-15-8-9-16-35(34)29-36)58-54(60-55)40-21-14-24-51-52(40)39-20-11-13-23-50(39)63-51/h5-26,29-33H,27-28H2,1-4H3. The number of benzene rings is 8. The molecule has 12 aromatic rings. The van der Waals surface area contributed by atoms with Crippen molar-refractivity contribution in [2.24, 2.45) is 0 Å². The summed E-state index contributed by atoms with van der Waals surface area (Å²) in [7, 11) is 0. The second-order valence-corrected chi connectivity index (χ2v) is 19.8. The van der Waals surface area contributed by atoms with Crippen LogP contribution in [0, 0.1) is 0 Å². The van der Waals surface area contributed by atoms with Gasteiger partial charge >= 0.3 is 0 Å². The van der Waals surface area contributed by atoms with Crippen molar-refractivity contribution in [1.82, 2.24) is 24.1 Å². The minimum Gasteiger partial charge on any atom is -0.309 e. The molecule has 4 aromatic heterocycles. The summed E-state index contributed by atoms with van der Waals surface area (Å²) in [4.78, 5) is 16.3. The predicted molar refractivity (Wildman–Crippen MR) is 265 cm³/mol. The first-order valence-corrected chi connectivity index (χ1v) is 22.8. The fourth-order valence-electron chi connectivity index (χ4n) is 10.6. The van der Waals surface area contributed by atoms with E-state index in [9.17, 15) is 0 Å². The maximum absolute atomic E-state index is 5.50. The molecular formula is C57H43N5S. The van der Waals surface area contributed by atoms with Crippen LogP contribution in [0.5, 0.6) is 0 Å². The summed E-state index contributed by atoms with van der Waals surface area (Å²) in [6, 6.07) is 59.6. The molecule has 0 atom stereocenters. The highest BCUT2D eigenvalue weighted by Crippen LogP contribution is 2.49. The molecule has 1 aliphatic rings. The van der Waals surface area contributed by atoms with E-state index in [-0.39, 0.29) is 10.8 Å². The van der Waals surface area contributed by atoms with Gasteiger partial charge in [-0.25, -0.2) is 4.98 Å². The third-order valence-corrected chi connectivity index (χ3v) is 15.2. The molecule has 0 amide bonds. The first-order valence-electron chi connectivity index (χ1n) is 22.0. The molecule has 0 bridgehead atoms. The minimum absolute atomic E-state index is 0.0767. The maximum Gasteiger partial charge on any atom is 0.238 e. The second-order valence-electron chi connectivity index (χ2n) is 18.7. The van der Waals surface area contributed by atoms with E-state index in [1.165, 1.54) is 64.8 Å². The third-order valence-electron chi connectivity index (χ3n) is 14.0. The molecule has 63 heavy (non-hydrogen) atoms. The van der Waals surface area contributed by atoms with Crippen LogP contribution in [0.2, 0.25) is 0 Å². The number of aromatic nitrogens is 5. The van der Waals surface area contributed by atoms with Crippen LogP contribution in [0.1, 0.15) is 51.7 Å². The number of fused-ring (bicyclic) bond motifs is 11. The maximum atomic E-state index is 5.50. The lowest BCUT2D eigenvalue weighted by molar-refractivity contribution is 0.332. The van der Waals surface area contributed by atoms with Crippen LogP contribution in [-0.2, 0) is 10.8 Å². The molecule has 0 spiro atoms. The van der Waals surface area contributed by atoms with E-state index in [1.807, 2.05) is 11.3 Å². The van der Waals surface area contributed by atoms with E-state index in [1.54, 1.807) is 0 Å². The summed E-state index contributed by atoms with van der Waals surface area (Å²) in [5.41, 5.74) is 10.7. The number of hydrogen-bond acceptors (Lipinski definition) is 4. The Morgan fingerprint density at radius 2 is 1.08 bits per heavy atom. The van der Waals surface area contributed by atoms with Crippen molar-refractivity contribution in [3.63, 3.8) is 0 Å². The highest BCUT2D eigenvalue weighted by molar-refractivity contribution is 7.25. The van der Waals surface area contributed by atoms with Crippen molar-refractivity contribution in [2.45, 2.75) is 51.4 Å². The molecule has 0 saturated carbocycles. The lowest BCUT2D eigenvalue weighted by Gasteiger charge is -2.42. The smallest absolute Gasteiger partial charge is 0.238 e. The van der Waals surface area contributed by atoms with Crippen molar-refractivity contribution in [2.75, 3.05) is 0 Å². The third kappa shape index (κ3) is 5.44. The molecule has 0 saturated heterocycles. The Bertz CT molecular complexity index is 3870. The minimum atomic E-state index is 0.0767. The van der Waals surface area contributed by atoms with Crippen LogP contribution < -0.4 is 0 Å². The van der Waals surface area contributed by atoms with E-state index in [0.29, 0.717) is 17.6 Å². The summed E-state index contributed by atoms with van der Waals surface area (Å²) in [6.07, 6.45) is 2.33. The van der Waals surface area contributed by atoms with Gasteiger partial charge in [0.1, 0.15) is 0 Å². The van der Waals surface area contributed by atoms with Crippen LogP contribution >= 0.6 is 11.3 Å². The molecule has 13 rings (SSSR count). The van der Waals surface area contributed by atoms with Crippen molar-refractivity contribution in [3.8, 4) is 34.4 Å². The topological polar surface area (TPSA) is 48.5 Å². The second kappa shape index (κ2) is 13.2. The highest BCUT2D eigenvalue weighted by Gasteiger charge is 2.38. The van der Waals surface area contributed by atoms with Gasteiger partial charge in [0.2, 0.25) is 5.95 Å². The van der Waals surface area contributed by atoms with Crippen LogP contribution in [0.3, 0.4) is 0 Å². The lowest BCUT2D eigenvalue weighted by atomic mass is 9.63. The average Bonchev–Trinajstić information content (AvgIpc) is 3.96. The van der Waals surface area contributed by atoms with Gasteiger partial charge in [0.15, 0.2) is 11.6 Å². The molecule has 0 unspecified atom stereocenters. The normalized spacial score (nSPS) is 14.8. The molecule has 0 fully saturated rings. The largest absolute Gasteiger partial charge is 0.309 e. The zero-order valence-corrected chi connectivity index (χ0v) is 36.5. The number of hydrogen-bond donors (Lipinski definition) is 0. The SMILES string of the molecule is CC1(C)CCC(C)(C)c2cc3c(cc21)c1cc2c4ccccc4n(-c4nc(-c5ccc6ccccc6c5)nc(-c5cccc6sc7ccccc7c56)n4)c2cc1n3-c1ccccc1. The Kier molecular flexibility index (Phi) is 7.64. The van der Waals surface area contributed by atoms with Gasteiger partial charge in [0.05, 0.1) is 22.1 Å². The summed E-state index contributed by atoms with van der Waals surface area (Å²) in [6.45, 7) is 9.68. The van der Waals surface area contributed by atoms with Crippen molar-refractivity contribution < 1.29 is 0 Å². The van der Waals surface area contributed by atoms with Gasteiger partial charge < -0.3 is 4.57 Å². The Morgan fingerprint density at radius 3 is 1.92 bits per heavy atom. The molecule has 0 radical (unpaired) electrons. The van der Waals surface area contributed by atoms with Crippen LogP contribution in [0.25, 0.3) is 109 Å². The quantitative estimate of drug-likeness (QED) is 0.178. The number of para-hydroxylation sites is 2. The molecule has 0 aliphatic heterocycles. The Morgan fingerprint density at radius 1 is 0.444 bits per heavy atom. The molecular weight excluding hydrogens is 787 g/mol. The van der Waals surface area contributed by atoms with E-state index in [0.717, 1.165) is 50.6 Å². The van der Waals surface area contributed by atoms with Gasteiger partial charge in [0.25, 0.3) is 0 Å². The molecule has 6 heteroatoms. The Balaban J connectivity index is 1.14. The Hall–Kier alpha value is -7.15. The molecule has 5 nitrogen and oxygen atoms in total. The molecule has 302 valence electrons. The summed E-state index contributed by atoms with van der Waals surface area (Å²) in [5.74, 6) is 1.88. The average molecular weight is 830 g/mol. The zero-order chi connectivity index (χ0) is 42.2. The molecule has 8 aromatic carbocycles. The van der Waals surface area contributed by atoms with Crippen molar-refractivity contribution in [3.05, 3.63) is 175 Å². The van der Waals surface area contributed by atoms with Gasteiger partial charge in [-0.15, -0.1) is 11.3 Å². The fraction of sp³-hybridized carbons (Fsp3) is 0.140. The van der Waals surface area contributed by atoms with Gasteiger partial charge in [0, 0.05) is 58.5 Å². The first kappa shape index (κ1) is 36.5. The van der Waals surface area contributed by atoms with E-state index < -0.39 is 0 Å². The van der Waals surface area contributed by atoms with Crippen LogP contribution in [-0.4, -0.2) is 24.1 Å². The monoisotopic (exact) mass is 829 g/mol. The first-order chi connectivity index (χ1) is 30.7.